The van der Waals surface area contributed by atoms with Gasteiger partial charge in [-0.2, -0.15) is 0 Å². The number of hydrogen-bond acceptors (Lipinski definition) is 2. The van der Waals surface area contributed by atoms with Gasteiger partial charge in [-0.3, -0.25) is 0 Å². The average molecular weight is 742 g/mol. The number of nitrogens with one attached hydrogen (secondary N) is 4. The fraction of sp³-hybridized carbons (Fsp3) is 0.409. The van der Waals surface area contributed by atoms with Gasteiger partial charge >= 0.3 is 0 Å². The maximum Gasteiger partial charge on any atom is 0.0929 e. The van der Waals surface area contributed by atoms with Gasteiger partial charge in [0, 0.05) is 23.8 Å². The lowest BCUT2D eigenvalue weighted by Gasteiger charge is -2.05. The lowest BCUT2D eigenvalue weighted by atomic mass is 9.96. The summed E-state index contributed by atoms with van der Waals surface area (Å²) in [6.07, 6.45) is 14.6. The Labute approximate surface area is 323 Å². The van der Waals surface area contributed by atoms with E-state index in [2.05, 4.69) is 128 Å². The van der Waals surface area contributed by atoms with E-state index in [1.165, 1.54) is 89.6 Å². The van der Waals surface area contributed by atoms with Crippen LogP contribution in [0.15, 0.2) is 56.1 Å². The largest absolute Gasteiger partial charge is 0.359 e. The molecule has 2 aliphatic heterocycles. The number of aliphatic imine (C=N–C) groups is 2. The summed E-state index contributed by atoms with van der Waals surface area (Å²) in [5.41, 5.74) is 26.8. The lowest BCUT2D eigenvalue weighted by Crippen LogP contribution is -2.13. The van der Waals surface area contributed by atoms with E-state index in [-0.39, 0.29) is 24.8 Å². The quantitative estimate of drug-likeness (QED) is 0.118. The molecule has 278 valence electrons. The van der Waals surface area contributed by atoms with E-state index in [1.54, 1.807) is 0 Å². The molecule has 0 spiro atoms. The predicted molar refractivity (Wildman–Crippen MR) is 229 cm³/mol. The highest BCUT2D eigenvalue weighted by Crippen LogP contribution is 2.39. The molecule has 0 amide bonds. The average Bonchev–Trinajstić information content (AvgIpc) is 3.93. The number of rotatable bonds is 11. The van der Waals surface area contributed by atoms with Gasteiger partial charge in [0.15, 0.2) is 0 Å². The van der Waals surface area contributed by atoms with Crippen molar-refractivity contribution in [3.05, 3.63) is 102 Å². The number of H-pyrrole nitrogens is 4. The molecule has 0 saturated carbocycles. The molecule has 52 heavy (non-hydrogen) atoms. The molecule has 6 rings (SSSR count). The van der Waals surface area contributed by atoms with Crippen molar-refractivity contribution in [3.8, 4) is 22.8 Å². The summed E-state index contributed by atoms with van der Waals surface area (Å²) in [6.45, 7) is 26.8. The van der Waals surface area contributed by atoms with Gasteiger partial charge in [0.05, 0.1) is 45.6 Å². The lowest BCUT2D eigenvalue weighted by molar-refractivity contribution is 1.09. The van der Waals surface area contributed by atoms with Crippen LogP contribution in [0.1, 0.15) is 124 Å². The number of aromatic nitrogens is 4. The Balaban J connectivity index is 0.00000302. The minimum absolute atomic E-state index is 0. The zero-order valence-corrected chi connectivity index (χ0v) is 34.9. The summed E-state index contributed by atoms with van der Waals surface area (Å²) in [4.78, 5) is 25.5. The Morgan fingerprint density at radius 2 is 0.846 bits per heavy atom. The summed E-state index contributed by atoms with van der Waals surface area (Å²) in [5, 5.41) is 0. The summed E-state index contributed by atoms with van der Waals surface area (Å²) >= 11 is 0. The SMILES string of the molecule is CCC1=C(C)C(C2=N/C(=C\c3[nH]c(-c4[nH]cc(CC)c4C)c(C)c3CC)C(CC)=C2C)=N/C1=C\c1[nH]c(-c2[nH]cc(CC)c2C)c(C)c1CC.Cl.Cl. The molecular weight excluding hydrogens is 683 g/mol. The highest BCUT2D eigenvalue weighted by atomic mass is 35.5. The van der Waals surface area contributed by atoms with Gasteiger partial charge in [0.2, 0.25) is 0 Å². The van der Waals surface area contributed by atoms with Gasteiger partial charge < -0.3 is 19.9 Å². The first-order valence-electron chi connectivity index (χ1n) is 18.8. The van der Waals surface area contributed by atoms with Gasteiger partial charge in [0.25, 0.3) is 0 Å². The molecule has 0 bridgehead atoms. The molecule has 8 heteroatoms. The molecule has 2 aliphatic rings. The van der Waals surface area contributed by atoms with Crippen molar-refractivity contribution in [1.29, 1.82) is 0 Å². The van der Waals surface area contributed by atoms with Crippen molar-refractivity contribution in [2.45, 2.75) is 122 Å². The zero-order valence-electron chi connectivity index (χ0n) is 33.3. The Morgan fingerprint density at radius 3 is 1.13 bits per heavy atom. The number of halogens is 2. The van der Waals surface area contributed by atoms with Crippen LogP contribution in [-0.4, -0.2) is 31.4 Å². The van der Waals surface area contributed by atoms with E-state index in [0.29, 0.717) is 0 Å². The normalized spacial score (nSPS) is 16.0. The Bertz CT molecular complexity index is 2020. The maximum atomic E-state index is 5.36. The third-order valence-corrected chi connectivity index (χ3v) is 11.5. The molecule has 6 nitrogen and oxygen atoms in total. The fourth-order valence-electron chi connectivity index (χ4n) is 8.38. The third kappa shape index (κ3) is 6.69. The van der Waals surface area contributed by atoms with Crippen LogP contribution in [-0.2, 0) is 25.7 Å². The second-order valence-electron chi connectivity index (χ2n) is 14.0. The topological polar surface area (TPSA) is 87.9 Å². The number of nitrogens with zero attached hydrogens (tertiary/aromatic N) is 2. The fourth-order valence-corrected chi connectivity index (χ4v) is 8.38. The Kier molecular flexibility index (Phi) is 12.8. The number of hydrogen-bond donors (Lipinski definition) is 4. The van der Waals surface area contributed by atoms with Crippen molar-refractivity contribution in [3.63, 3.8) is 0 Å². The van der Waals surface area contributed by atoms with Crippen LogP contribution in [0.2, 0.25) is 0 Å². The predicted octanol–water partition coefficient (Wildman–Crippen LogP) is 12.4. The number of aromatic amines is 4. The minimum atomic E-state index is 0. The highest BCUT2D eigenvalue weighted by molar-refractivity contribution is 6.55. The Morgan fingerprint density at radius 1 is 0.481 bits per heavy atom. The van der Waals surface area contributed by atoms with Gasteiger partial charge in [0.1, 0.15) is 0 Å². The van der Waals surface area contributed by atoms with E-state index in [0.717, 1.165) is 72.7 Å². The molecule has 0 fully saturated rings. The van der Waals surface area contributed by atoms with Crippen LogP contribution in [0, 0.1) is 27.7 Å². The van der Waals surface area contributed by atoms with Gasteiger partial charge in [-0.05, 0) is 159 Å². The molecule has 0 atom stereocenters. The van der Waals surface area contributed by atoms with Crippen LogP contribution in [0.5, 0.6) is 0 Å². The van der Waals surface area contributed by atoms with Crippen molar-refractivity contribution in [2.24, 2.45) is 9.98 Å². The molecular formula is C44H58Cl2N6. The third-order valence-electron chi connectivity index (χ3n) is 11.5. The standard InChI is InChI=1S/C44H56N6.2ClH/c1-13-29-21-45-39(23(29)7)41-25(9)31(15-3)35(47-41)19-37-33(17-5)27(11)43(49-37)44-28(12)34(18-6)38(50-44)20-36-32(16-4)26(10)42(48-36)40-24(8)30(14-2)22-46-40;;/h19-22,45-48H,13-18H2,1-12H3;2*1H/b37-19-,38-20-;;. The second-order valence-corrected chi connectivity index (χ2v) is 14.0. The van der Waals surface area contributed by atoms with E-state index in [9.17, 15) is 0 Å². The number of aryl methyl sites for hydroxylation is 2. The van der Waals surface area contributed by atoms with Crippen LogP contribution in [0.4, 0.5) is 0 Å². The molecule has 0 unspecified atom stereocenters. The smallest absolute Gasteiger partial charge is 0.0929 e. The number of allylic oxidation sites excluding steroid dienone is 4. The van der Waals surface area contributed by atoms with E-state index < -0.39 is 0 Å². The molecule has 0 aromatic carbocycles. The van der Waals surface area contributed by atoms with E-state index in [1.807, 2.05) is 0 Å². The van der Waals surface area contributed by atoms with E-state index >= 15 is 0 Å². The highest BCUT2D eigenvalue weighted by Gasteiger charge is 2.30. The van der Waals surface area contributed by atoms with Crippen molar-refractivity contribution in [1.82, 2.24) is 19.9 Å². The molecule has 6 heterocycles. The van der Waals surface area contributed by atoms with Gasteiger partial charge in [-0.1, -0.05) is 41.5 Å². The molecule has 4 aromatic rings. The Hall–Kier alpha value is -4.00. The van der Waals surface area contributed by atoms with Gasteiger partial charge in [-0.25, -0.2) is 9.98 Å². The first kappa shape index (κ1) is 40.8. The summed E-state index contributed by atoms with van der Waals surface area (Å²) in [6, 6.07) is 0. The van der Waals surface area contributed by atoms with E-state index in [4.69, 9.17) is 9.98 Å². The van der Waals surface area contributed by atoms with Crippen molar-refractivity contribution < 1.29 is 0 Å². The first-order chi connectivity index (χ1) is 24.0. The first-order valence-corrected chi connectivity index (χ1v) is 18.8. The molecule has 0 radical (unpaired) electrons. The maximum absolute atomic E-state index is 5.36. The van der Waals surface area contributed by atoms with Crippen LogP contribution < -0.4 is 0 Å². The van der Waals surface area contributed by atoms with Crippen LogP contribution in [0.3, 0.4) is 0 Å². The second kappa shape index (κ2) is 16.3. The molecule has 0 saturated heterocycles. The van der Waals surface area contributed by atoms with Crippen molar-refractivity contribution >= 4 is 48.4 Å². The minimum Gasteiger partial charge on any atom is -0.359 e. The zero-order chi connectivity index (χ0) is 36.0. The van der Waals surface area contributed by atoms with Crippen LogP contribution >= 0.6 is 24.8 Å². The van der Waals surface area contributed by atoms with Gasteiger partial charge in [-0.15, -0.1) is 24.8 Å². The molecule has 0 aliphatic carbocycles. The molecule has 4 aromatic heterocycles. The molecule has 4 N–H and O–H groups in total. The summed E-state index contributed by atoms with van der Waals surface area (Å²) in [7, 11) is 0. The summed E-state index contributed by atoms with van der Waals surface area (Å²) < 4.78 is 0. The monoisotopic (exact) mass is 740 g/mol. The van der Waals surface area contributed by atoms with Crippen molar-refractivity contribution in [2.75, 3.05) is 0 Å². The van der Waals surface area contributed by atoms with Crippen LogP contribution in [0.25, 0.3) is 34.9 Å². The summed E-state index contributed by atoms with van der Waals surface area (Å²) in [5.74, 6) is 0.